The van der Waals surface area contributed by atoms with Crippen LogP contribution in [0.4, 0.5) is 24.8 Å². The summed E-state index contributed by atoms with van der Waals surface area (Å²) in [6, 6.07) is 18.5. The number of aromatic hydroxyl groups is 1. The summed E-state index contributed by atoms with van der Waals surface area (Å²) in [5.41, 5.74) is 1.43. The molecule has 2 N–H and O–H groups in total. The van der Waals surface area contributed by atoms with Crippen LogP contribution in [0.15, 0.2) is 82.6 Å². The van der Waals surface area contributed by atoms with Crippen molar-refractivity contribution in [2.75, 3.05) is 11.9 Å². The predicted molar refractivity (Wildman–Crippen MR) is 123 cm³/mol. The number of aliphatic imine (C=N–C) groups is 1. The number of ether oxygens (including phenoxy) is 1. The first-order valence-corrected chi connectivity index (χ1v) is 10.2. The van der Waals surface area contributed by atoms with Crippen LogP contribution in [-0.2, 0) is 6.54 Å². The molecule has 0 unspecified atom stereocenters. The van der Waals surface area contributed by atoms with Crippen molar-refractivity contribution in [2.45, 2.75) is 12.9 Å². The number of phenolic OH excluding ortho intramolecular Hbond substituents is 1. The lowest BCUT2D eigenvalue weighted by atomic mass is 10.2. The molecule has 0 aliphatic rings. The molecule has 0 radical (unpaired) electrons. The molecule has 10 heteroatoms. The van der Waals surface area contributed by atoms with E-state index in [2.05, 4.69) is 20.0 Å². The van der Waals surface area contributed by atoms with E-state index in [0.717, 1.165) is 5.56 Å². The zero-order chi connectivity index (χ0) is 24.1. The Balaban J connectivity index is 1.58. The highest BCUT2D eigenvalue weighted by atomic mass is 19.4. The number of fused-ring (bicyclic) bond motifs is 1. The van der Waals surface area contributed by atoms with Crippen molar-refractivity contribution < 1.29 is 23.0 Å². The number of nitrogens with one attached hydrogen (secondary N) is 1. The quantitative estimate of drug-likeness (QED) is 0.378. The minimum atomic E-state index is -4.78. The number of anilines is 2. The van der Waals surface area contributed by atoms with Gasteiger partial charge in [-0.15, -0.1) is 13.2 Å². The first-order valence-electron chi connectivity index (χ1n) is 10.2. The first-order chi connectivity index (χ1) is 16.3. The van der Waals surface area contributed by atoms with E-state index in [1.54, 1.807) is 54.7 Å². The Bertz CT molecular complexity index is 1370. The summed E-state index contributed by atoms with van der Waals surface area (Å²) < 4.78 is 42.5. The number of aromatic nitrogens is 2. The average molecular weight is 468 g/mol. The van der Waals surface area contributed by atoms with E-state index in [9.17, 15) is 23.1 Å². The summed E-state index contributed by atoms with van der Waals surface area (Å²) >= 11 is 0. The Morgan fingerprint density at radius 1 is 1.03 bits per heavy atom. The first kappa shape index (κ1) is 22.8. The van der Waals surface area contributed by atoms with Crippen LogP contribution in [0.5, 0.6) is 11.5 Å². The summed E-state index contributed by atoms with van der Waals surface area (Å²) in [7, 11) is 0. The van der Waals surface area contributed by atoms with E-state index in [1.165, 1.54) is 28.8 Å². The van der Waals surface area contributed by atoms with Crippen LogP contribution in [0.25, 0.3) is 10.9 Å². The average Bonchev–Trinajstić information content (AvgIpc) is 2.80. The van der Waals surface area contributed by atoms with Crippen LogP contribution in [0.1, 0.15) is 5.56 Å². The van der Waals surface area contributed by atoms with Crippen molar-refractivity contribution in [3.05, 3.63) is 88.7 Å². The van der Waals surface area contributed by atoms with Gasteiger partial charge in [-0.1, -0.05) is 12.1 Å². The fourth-order valence-corrected chi connectivity index (χ4v) is 3.23. The Hall–Kier alpha value is -4.34. The van der Waals surface area contributed by atoms with Crippen molar-refractivity contribution in [1.82, 2.24) is 9.55 Å². The van der Waals surface area contributed by atoms with Crippen molar-refractivity contribution in [3.63, 3.8) is 0 Å². The lowest BCUT2D eigenvalue weighted by molar-refractivity contribution is -0.274. The molecule has 4 aromatic rings. The number of para-hydroxylation sites is 1. The van der Waals surface area contributed by atoms with Gasteiger partial charge in [-0.2, -0.15) is 0 Å². The van der Waals surface area contributed by atoms with Gasteiger partial charge in [0, 0.05) is 18.4 Å². The van der Waals surface area contributed by atoms with Gasteiger partial charge in [0.1, 0.15) is 11.5 Å². The smallest absolute Gasteiger partial charge is 0.508 e. The Morgan fingerprint density at radius 3 is 2.44 bits per heavy atom. The summed E-state index contributed by atoms with van der Waals surface area (Å²) in [6.45, 7) is 0.483. The molecule has 0 fully saturated rings. The number of hydrogen-bond acceptors (Lipinski definition) is 6. The molecule has 0 saturated heterocycles. The highest BCUT2D eigenvalue weighted by molar-refractivity contribution is 5.80. The molecule has 0 spiro atoms. The number of benzene rings is 3. The van der Waals surface area contributed by atoms with Crippen LogP contribution in [0, 0.1) is 0 Å². The van der Waals surface area contributed by atoms with Gasteiger partial charge < -0.3 is 15.2 Å². The number of rotatable bonds is 7. The molecule has 7 nitrogen and oxygen atoms in total. The van der Waals surface area contributed by atoms with E-state index in [0.29, 0.717) is 16.6 Å². The third kappa shape index (κ3) is 5.71. The molecule has 0 aliphatic heterocycles. The molecule has 34 heavy (non-hydrogen) atoms. The molecule has 0 saturated carbocycles. The molecular weight excluding hydrogens is 449 g/mol. The molecule has 0 aliphatic carbocycles. The number of nitrogens with zero attached hydrogens (tertiary/aromatic N) is 3. The fraction of sp³-hybridized carbons (Fsp3) is 0.125. The van der Waals surface area contributed by atoms with E-state index >= 15 is 0 Å². The Labute approximate surface area is 191 Å². The largest absolute Gasteiger partial charge is 0.573 e. The second-order valence-corrected chi connectivity index (χ2v) is 7.23. The molecule has 3 aromatic carbocycles. The summed E-state index contributed by atoms with van der Waals surface area (Å²) in [5, 5.41) is 12.8. The highest BCUT2D eigenvalue weighted by Gasteiger charge is 2.31. The molecule has 4 rings (SSSR count). The molecule has 1 aromatic heterocycles. The van der Waals surface area contributed by atoms with E-state index < -0.39 is 6.36 Å². The van der Waals surface area contributed by atoms with Gasteiger partial charge in [-0.3, -0.25) is 14.4 Å². The Kier molecular flexibility index (Phi) is 6.48. The van der Waals surface area contributed by atoms with Gasteiger partial charge in [0.25, 0.3) is 5.56 Å². The molecule has 0 atom stereocenters. The van der Waals surface area contributed by atoms with Crippen LogP contribution in [0.3, 0.4) is 0 Å². The van der Waals surface area contributed by atoms with E-state index in [-0.39, 0.29) is 36.1 Å². The van der Waals surface area contributed by atoms with Crippen LogP contribution in [-0.4, -0.2) is 33.8 Å². The van der Waals surface area contributed by atoms with Crippen LogP contribution < -0.4 is 15.6 Å². The topological polar surface area (TPSA) is 88.7 Å². The van der Waals surface area contributed by atoms with E-state index in [4.69, 9.17) is 0 Å². The minimum absolute atomic E-state index is 0.152. The summed E-state index contributed by atoms with van der Waals surface area (Å²) in [6.07, 6.45) is -3.15. The van der Waals surface area contributed by atoms with Gasteiger partial charge in [0.2, 0.25) is 5.95 Å². The van der Waals surface area contributed by atoms with Crippen molar-refractivity contribution >= 4 is 28.8 Å². The normalized spacial score (nSPS) is 11.7. The minimum Gasteiger partial charge on any atom is -0.508 e. The molecule has 174 valence electrons. The number of hydrogen-bond donors (Lipinski definition) is 2. The van der Waals surface area contributed by atoms with Gasteiger partial charge in [0.15, 0.2) is 0 Å². The maximum absolute atomic E-state index is 13.1. The third-order valence-corrected chi connectivity index (χ3v) is 4.79. The zero-order valence-electron chi connectivity index (χ0n) is 17.7. The SMILES string of the molecule is O=c1c2ccccc2nc(Nc2ccc(OC(F)(F)F)cc2)n1CCN=Cc1ccc(O)cc1. The van der Waals surface area contributed by atoms with Gasteiger partial charge in [-0.05, 0) is 66.2 Å². The molecular formula is C24H19F3N4O3. The predicted octanol–water partition coefficient (Wildman–Crippen LogP) is 4.86. The molecule has 0 bridgehead atoms. The van der Waals surface area contributed by atoms with Crippen molar-refractivity contribution in [1.29, 1.82) is 0 Å². The van der Waals surface area contributed by atoms with Crippen LogP contribution in [0.2, 0.25) is 0 Å². The fourth-order valence-electron chi connectivity index (χ4n) is 3.23. The van der Waals surface area contributed by atoms with E-state index in [1.807, 2.05) is 0 Å². The maximum atomic E-state index is 13.1. The van der Waals surface area contributed by atoms with Gasteiger partial charge >= 0.3 is 6.36 Å². The second kappa shape index (κ2) is 9.65. The van der Waals surface area contributed by atoms with Gasteiger partial charge in [-0.25, -0.2) is 4.98 Å². The lowest BCUT2D eigenvalue weighted by Crippen LogP contribution is -2.25. The maximum Gasteiger partial charge on any atom is 0.573 e. The lowest BCUT2D eigenvalue weighted by Gasteiger charge is -2.15. The summed E-state index contributed by atoms with van der Waals surface area (Å²) in [5.74, 6) is 0.0261. The van der Waals surface area contributed by atoms with Crippen LogP contribution >= 0.6 is 0 Å². The number of phenols is 1. The highest BCUT2D eigenvalue weighted by Crippen LogP contribution is 2.25. The monoisotopic (exact) mass is 468 g/mol. The number of alkyl halides is 3. The Morgan fingerprint density at radius 2 is 1.74 bits per heavy atom. The second-order valence-electron chi connectivity index (χ2n) is 7.23. The number of halogens is 3. The zero-order valence-corrected chi connectivity index (χ0v) is 17.7. The van der Waals surface area contributed by atoms with Crippen molar-refractivity contribution in [3.8, 4) is 11.5 Å². The third-order valence-electron chi connectivity index (χ3n) is 4.79. The molecule has 0 amide bonds. The standard InChI is InChI=1S/C24H19F3N4O3/c25-24(26,27)34-19-11-7-17(8-12-19)29-23-30-21-4-2-1-3-20(21)22(33)31(23)14-13-28-15-16-5-9-18(32)10-6-16/h1-12,15,32H,13-14H2,(H,29,30). The van der Waals surface area contributed by atoms with Gasteiger partial charge in [0.05, 0.1) is 17.4 Å². The van der Waals surface area contributed by atoms with Crippen molar-refractivity contribution in [2.24, 2.45) is 4.99 Å². The summed E-state index contributed by atoms with van der Waals surface area (Å²) in [4.78, 5) is 22.0. The molecule has 1 heterocycles.